The fraction of sp³-hybridized carbons (Fsp3) is 0.381. The third kappa shape index (κ3) is 4.82. The van der Waals surface area contributed by atoms with Crippen molar-refractivity contribution in [2.24, 2.45) is 0 Å². The molecule has 0 aromatic heterocycles. The Hall–Kier alpha value is -2.40. The Kier molecular flexibility index (Phi) is 6.23. The maximum absolute atomic E-state index is 12.9. The van der Waals surface area contributed by atoms with Crippen LogP contribution in [0.4, 0.5) is 9.18 Å². The minimum atomic E-state index is -0.236. The van der Waals surface area contributed by atoms with Gasteiger partial charge in [0.05, 0.1) is 0 Å². The van der Waals surface area contributed by atoms with Crippen molar-refractivity contribution in [2.45, 2.75) is 19.4 Å². The van der Waals surface area contributed by atoms with E-state index in [-0.39, 0.29) is 11.8 Å². The van der Waals surface area contributed by atoms with Crippen molar-refractivity contribution in [3.05, 3.63) is 71.5 Å². The molecule has 2 aromatic carbocycles. The number of rotatable bonds is 5. The van der Waals surface area contributed by atoms with Crippen molar-refractivity contribution in [3.8, 4) is 0 Å². The highest BCUT2D eigenvalue weighted by Crippen LogP contribution is 2.21. The van der Waals surface area contributed by atoms with Crippen LogP contribution in [0.3, 0.4) is 0 Å². The zero-order chi connectivity index (χ0) is 18.4. The number of hydrogen-bond donors (Lipinski definition) is 1. The molecule has 5 heteroatoms. The SMILES string of the molecule is CC(c1ccccc1)N1CCN(C(=O)NCCc2ccc(F)cc2)CC1. The van der Waals surface area contributed by atoms with Crippen molar-refractivity contribution in [2.75, 3.05) is 32.7 Å². The van der Waals surface area contributed by atoms with Gasteiger partial charge in [0, 0.05) is 38.8 Å². The lowest BCUT2D eigenvalue weighted by Crippen LogP contribution is -2.52. The number of benzene rings is 2. The van der Waals surface area contributed by atoms with E-state index >= 15 is 0 Å². The third-order valence-electron chi connectivity index (χ3n) is 5.03. The summed E-state index contributed by atoms with van der Waals surface area (Å²) in [5.41, 5.74) is 2.33. The van der Waals surface area contributed by atoms with Crippen LogP contribution < -0.4 is 5.32 Å². The van der Waals surface area contributed by atoms with Crippen molar-refractivity contribution in [3.63, 3.8) is 0 Å². The average Bonchev–Trinajstić information content (AvgIpc) is 2.69. The first kappa shape index (κ1) is 18.4. The first-order valence-electron chi connectivity index (χ1n) is 9.20. The Morgan fingerprint density at radius 3 is 2.35 bits per heavy atom. The molecule has 1 unspecified atom stereocenters. The molecule has 26 heavy (non-hydrogen) atoms. The first-order valence-corrected chi connectivity index (χ1v) is 9.20. The largest absolute Gasteiger partial charge is 0.338 e. The van der Waals surface area contributed by atoms with Gasteiger partial charge in [-0.15, -0.1) is 0 Å². The van der Waals surface area contributed by atoms with Crippen LogP contribution in [0.2, 0.25) is 0 Å². The zero-order valence-corrected chi connectivity index (χ0v) is 15.2. The fourth-order valence-electron chi connectivity index (χ4n) is 3.33. The van der Waals surface area contributed by atoms with E-state index in [1.165, 1.54) is 17.7 Å². The Morgan fingerprint density at radius 2 is 1.69 bits per heavy atom. The zero-order valence-electron chi connectivity index (χ0n) is 15.2. The Bertz CT molecular complexity index is 697. The normalized spacial score (nSPS) is 16.3. The van der Waals surface area contributed by atoms with E-state index in [9.17, 15) is 9.18 Å². The van der Waals surface area contributed by atoms with Gasteiger partial charge in [-0.3, -0.25) is 4.90 Å². The van der Waals surface area contributed by atoms with E-state index < -0.39 is 0 Å². The molecule has 1 atom stereocenters. The van der Waals surface area contributed by atoms with Gasteiger partial charge in [0.25, 0.3) is 0 Å². The Morgan fingerprint density at radius 1 is 1.04 bits per heavy atom. The van der Waals surface area contributed by atoms with Gasteiger partial charge in [-0.2, -0.15) is 0 Å². The summed E-state index contributed by atoms with van der Waals surface area (Å²) in [4.78, 5) is 16.6. The van der Waals surface area contributed by atoms with E-state index in [0.717, 1.165) is 31.7 Å². The molecule has 3 rings (SSSR count). The van der Waals surface area contributed by atoms with E-state index in [1.54, 1.807) is 12.1 Å². The van der Waals surface area contributed by atoms with Crippen LogP contribution in [0.25, 0.3) is 0 Å². The lowest BCUT2D eigenvalue weighted by Gasteiger charge is -2.38. The molecule has 1 N–H and O–H groups in total. The number of hydrogen-bond acceptors (Lipinski definition) is 2. The predicted octanol–water partition coefficient (Wildman–Crippen LogP) is 3.46. The molecular weight excluding hydrogens is 329 g/mol. The lowest BCUT2D eigenvalue weighted by atomic mass is 10.1. The van der Waals surface area contributed by atoms with Gasteiger partial charge in [0.15, 0.2) is 0 Å². The van der Waals surface area contributed by atoms with Crippen LogP contribution in [-0.4, -0.2) is 48.6 Å². The summed E-state index contributed by atoms with van der Waals surface area (Å²) in [6.45, 7) is 6.00. The second kappa shape index (κ2) is 8.81. The molecule has 2 amide bonds. The van der Waals surface area contributed by atoms with Crippen LogP contribution in [0.5, 0.6) is 0 Å². The Balaban J connectivity index is 1.41. The summed E-state index contributed by atoms with van der Waals surface area (Å²) in [5, 5.41) is 2.97. The number of urea groups is 1. The molecule has 0 bridgehead atoms. The van der Waals surface area contributed by atoms with Gasteiger partial charge in [-0.1, -0.05) is 42.5 Å². The van der Waals surface area contributed by atoms with Crippen molar-refractivity contribution >= 4 is 6.03 Å². The Labute approximate surface area is 154 Å². The van der Waals surface area contributed by atoms with Gasteiger partial charge >= 0.3 is 6.03 Å². The van der Waals surface area contributed by atoms with Crippen LogP contribution in [0.1, 0.15) is 24.1 Å². The van der Waals surface area contributed by atoms with Crippen molar-refractivity contribution < 1.29 is 9.18 Å². The average molecular weight is 355 g/mol. The van der Waals surface area contributed by atoms with Gasteiger partial charge in [0.1, 0.15) is 5.82 Å². The van der Waals surface area contributed by atoms with Crippen molar-refractivity contribution in [1.82, 2.24) is 15.1 Å². The molecule has 0 radical (unpaired) electrons. The maximum atomic E-state index is 12.9. The minimum Gasteiger partial charge on any atom is -0.338 e. The number of halogens is 1. The highest BCUT2D eigenvalue weighted by atomic mass is 19.1. The van der Waals surface area contributed by atoms with E-state index in [0.29, 0.717) is 19.0 Å². The molecule has 2 aromatic rings. The van der Waals surface area contributed by atoms with Crippen LogP contribution in [0.15, 0.2) is 54.6 Å². The molecular formula is C21H26FN3O. The molecule has 1 aliphatic heterocycles. The standard InChI is InChI=1S/C21H26FN3O/c1-17(19-5-3-2-4-6-19)24-13-15-25(16-14-24)21(26)23-12-11-18-7-9-20(22)10-8-18/h2-10,17H,11-16H2,1H3,(H,23,26). The molecule has 0 aliphatic carbocycles. The molecule has 0 spiro atoms. The minimum absolute atomic E-state index is 0.0147. The third-order valence-corrected chi connectivity index (χ3v) is 5.03. The number of amides is 2. The quantitative estimate of drug-likeness (QED) is 0.892. The lowest BCUT2D eigenvalue weighted by molar-refractivity contribution is 0.114. The van der Waals surface area contributed by atoms with Gasteiger partial charge in [-0.25, -0.2) is 9.18 Å². The van der Waals surface area contributed by atoms with E-state index in [1.807, 2.05) is 11.0 Å². The van der Waals surface area contributed by atoms with Gasteiger partial charge in [-0.05, 0) is 36.6 Å². The molecule has 138 valence electrons. The second-order valence-corrected chi connectivity index (χ2v) is 6.72. The number of nitrogens with zero attached hydrogens (tertiary/aromatic N) is 2. The van der Waals surface area contributed by atoms with Crippen LogP contribution in [0, 0.1) is 5.82 Å². The highest BCUT2D eigenvalue weighted by Gasteiger charge is 2.24. The maximum Gasteiger partial charge on any atom is 0.317 e. The topological polar surface area (TPSA) is 35.6 Å². The monoisotopic (exact) mass is 355 g/mol. The number of carbonyl (C=O) groups is 1. The highest BCUT2D eigenvalue weighted by molar-refractivity contribution is 5.74. The molecule has 0 saturated carbocycles. The summed E-state index contributed by atoms with van der Waals surface area (Å²) in [6.07, 6.45) is 0.705. The predicted molar refractivity (Wildman–Crippen MR) is 102 cm³/mol. The van der Waals surface area contributed by atoms with E-state index in [2.05, 4.69) is 41.4 Å². The number of carbonyl (C=O) groups excluding carboxylic acids is 1. The van der Waals surface area contributed by atoms with Gasteiger partial charge in [0.2, 0.25) is 0 Å². The van der Waals surface area contributed by atoms with Crippen LogP contribution in [-0.2, 0) is 6.42 Å². The molecule has 1 heterocycles. The summed E-state index contributed by atoms with van der Waals surface area (Å²) >= 11 is 0. The summed E-state index contributed by atoms with van der Waals surface area (Å²) in [7, 11) is 0. The van der Waals surface area contributed by atoms with E-state index in [4.69, 9.17) is 0 Å². The number of piperazine rings is 1. The summed E-state index contributed by atoms with van der Waals surface area (Å²) < 4.78 is 12.9. The summed E-state index contributed by atoms with van der Waals surface area (Å²) in [5.74, 6) is -0.236. The second-order valence-electron chi connectivity index (χ2n) is 6.72. The molecule has 4 nitrogen and oxygen atoms in total. The first-order chi connectivity index (χ1) is 12.6. The fourth-order valence-corrected chi connectivity index (χ4v) is 3.33. The van der Waals surface area contributed by atoms with Crippen LogP contribution >= 0.6 is 0 Å². The van der Waals surface area contributed by atoms with Crippen molar-refractivity contribution in [1.29, 1.82) is 0 Å². The molecule has 1 aliphatic rings. The smallest absolute Gasteiger partial charge is 0.317 e. The summed E-state index contributed by atoms with van der Waals surface area (Å²) in [6, 6.07) is 17.2. The number of nitrogens with one attached hydrogen (secondary N) is 1. The molecule has 1 fully saturated rings. The molecule has 1 saturated heterocycles. The van der Waals surface area contributed by atoms with Gasteiger partial charge < -0.3 is 10.2 Å².